The third kappa shape index (κ3) is 4.63. The van der Waals surface area contributed by atoms with Gasteiger partial charge in [0.15, 0.2) is 0 Å². The van der Waals surface area contributed by atoms with Gasteiger partial charge < -0.3 is 19.4 Å². The molecule has 0 aliphatic rings. The van der Waals surface area contributed by atoms with Crippen LogP contribution < -0.4 is 10.1 Å². The van der Waals surface area contributed by atoms with Crippen LogP contribution >= 0.6 is 0 Å². The minimum Gasteiger partial charge on any atom is -0.496 e. The standard InChI is InChI=1S/C22H28N2O4/c1-6-24-15(3)18(21(16(24)4)22(26)28-7-2)12-13-20(25)23-14-17-10-8-9-11-19(17)27-5/h8-13H,6-7,14H2,1-5H3,(H,23,25)/b13-12+. The third-order valence-electron chi connectivity index (χ3n) is 4.67. The second kappa shape index (κ2) is 9.78. The molecule has 6 nitrogen and oxygen atoms in total. The van der Waals surface area contributed by atoms with E-state index >= 15 is 0 Å². The highest BCUT2D eigenvalue weighted by Gasteiger charge is 2.22. The summed E-state index contributed by atoms with van der Waals surface area (Å²) in [6.07, 6.45) is 3.12. The Kier molecular flexibility index (Phi) is 7.44. The number of benzene rings is 1. The summed E-state index contributed by atoms with van der Waals surface area (Å²) in [5, 5.41) is 2.84. The van der Waals surface area contributed by atoms with Crippen molar-refractivity contribution >= 4 is 18.0 Å². The number of hydrogen-bond acceptors (Lipinski definition) is 4. The van der Waals surface area contributed by atoms with Gasteiger partial charge in [0.05, 0.1) is 19.3 Å². The van der Waals surface area contributed by atoms with Crippen molar-refractivity contribution in [3.05, 3.63) is 58.4 Å². The van der Waals surface area contributed by atoms with E-state index in [1.807, 2.05) is 49.6 Å². The van der Waals surface area contributed by atoms with E-state index in [1.165, 1.54) is 6.08 Å². The van der Waals surface area contributed by atoms with Crippen LogP contribution in [0.15, 0.2) is 30.3 Å². The summed E-state index contributed by atoms with van der Waals surface area (Å²) in [5.41, 5.74) is 3.88. The smallest absolute Gasteiger partial charge is 0.340 e. The number of aromatic nitrogens is 1. The van der Waals surface area contributed by atoms with Gasteiger partial charge in [0.1, 0.15) is 5.75 Å². The molecule has 2 aromatic rings. The molecule has 0 saturated carbocycles. The van der Waals surface area contributed by atoms with Crippen molar-refractivity contribution < 1.29 is 19.1 Å². The summed E-state index contributed by atoms with van der Waals surface area (Å²) in [5.74, 6) is 0.106. The molecule has 0 atom stereocenters. The first kappa shape index (κ1) is 21.3. The van der Waals surface area contributed by atoms with Crippen LogP contribution in [0.3, 0.4) is 0 Å². The van der Waals surface area contributed by atoms with E-state index in [2.05, 4.69) is 5.32 Å². The number of hydrogen-bond donors (Lipinski definition) is 1. The molecule has 1 N–H and O–H groups in total. The van der Waals surface area contributed by atoms with Crippen molar-refractivity contribution in [3.8, 4) is 5.75 Å². The first-order valence-electron chi connectivity index (χ1n) is 9.39. The quantitative estimate of drug-likeness (QED) is 0.557. The zero-order valence-corrected chi connectivity index (χ0v) is 17.2. The number of carbonyl (C=O) groups is 2. The summed E-state index contributed by atoms with van der Waals surface area (Å²) in [6, 6.07) is 7.52. The minimum atomic E-state index is -0.371. The summed E-state index contributed by atoms with van der Waals surface area (Å²) in [6.45, 7) is 9.01. The minimum absolute atomic E-state index is 0.248. The van der Waals surface area contributed by atoms with E-state index in [1.54, 1.807) is 20.1 Å². The van der Waals surface area contributed by atoms with E-state index in [0.29, 0.717) is 24.3 Å². The number of para-hydroxylation sites is 1. The van der Waals surface area contributed by atoms with Crippen molar-refractivity contribution in [2.24, 2.45) is 0 Å². The lowest BCUT2D eigenvalue weighted by molar-refractivity contribution is -0.116. The molecule has 0 spiro atoms. The lowest BCUT2D eigenvalue weighted by Crippen LogP contribution is -2.20. The highest BCUT2D eigenvalue weighted by molar-refractivity contribution is 5.98. The van der Waals surface area contributed by atoms with Crippen molar-refractivity contribution in [3.63, 3.8) is 0 Å². The second-order valence-corrected chi connectivity index (χ2v) is 6.29. The number of amides is 1. The molecule has 1 aromatic carbocycles. The Balaban J connectivity index is 2.20. The van der Waals surface area contributed by atoms with Gasteiger partial charge in [-0.15, -0.1) is 0 Å². The largest absolute Gasteiger partial charge is 0.496 e. The van der Waals surface area contributed by atoms with E-state index in [0.717, 1.165) is 29.2 Å². The Bertz CT molecular complexity index is 881. The average Bonchev–Trinajstić information content (AvgIpc) is 2.94. The van der Waals surface area contributed by atoms with Gasteiger partial charge in [-0.3, -0.25) is 4.79 Å². The summed E-state index contributed by atoms with van der Waals surface area (Å²) >= 11 is 0. The number of methoxy groups -OCH3 is 1. The number of nitrogens with zero attached hydrogens (tertiary/aromatic N) is 1. The average molecular weight is 384 g/mol. The predicted molar refractivity (Wildman–Crippen MR) is 109 cm³/mol. The molecule has 0 unspecified atom stereocenters. The van der Waals surface area contributed by atoms with Crippen molar-refractivity contribution in [1.29, 1.82) is 0 Å². The second-order valence-electron chi connectivity index (χ2n) is 6.29. The molecule has 1 amide bonds. The number of esters is 1. The summed E-state index contributed by atoms with van der Waals surface area (Å²) in [4.78, 5) is 24.7. The van der Waals surface area contributed by atoms with E-state index in [9.17, 15) is 9.59 Å². The van der Waals surface area contributed by atoms with Crippen LogP contribution in [0.2, 0.25) is 0 Å². The first-order valence-corrected chi connectivity index (χ1v) is 9.39. The molecular formula is C22H28N2O4. The van der Waals surface area contributed by atoms with Crippen LogP contribution in [-0.4, -0.2) is 30.2 Å². The molecule has 0 saturated heterocycles. The maximum atomic E-state index is 12.4. The fourth-order valence-electron chi connectivity index (χ4n) is 3.30. The Morgan fingerprint density at radius 2 is 1.86 bits per heavy atom. The van der Waals surface area contributed by atoms with Crippen LogP contribution in [-0.2, 0) is 22.6 Å². The lowest BCUT2D eigenvalue weighted by atomic mass is 10.1. The van der Waals surface area contributed by atoms with E-state index in [4.69, 9.17) is 9.47 Å². The maximum Gasteiger partial charge on any atom is 0.340 e. The SMILES string of the molecule is CCOC(=O)c1c(/C=C/C(=O)NCc2ccccc2OC)c(C)n(CC)c1C. The Morgan fingerprint density at radius 3 is 2.50 bits per heavy atom. The number of carbonyl (C=O) groups excluding carboxylic acids is 2. The number of nitrogens with one attached hydrogen (secondary N) is 1. The van der Waals surface area contributed by atoms with E-state index in [-0.39, 0.29) is 11.9 Å². The highest BCUT2D eigenvalue weighted by Crippen LogP contribution is 2.25. The number of ether oxygens (including phenoxy) is 2. The Hall–Kier alpha value is -3.02. The number of rotatable bonds is 8. The van der Waals surface area contributed by atoms with Gasteiger partial charge in [-0.2, -0.15) is 0 Å². The molecule has 0 aliphatic heterocycles. The fraction of sp³-hybridized carbons (Fsp3) is 0.364. The van der Waals surface area contributed by atoms with Crippen LogP contribution in [0.25, 0.3) is 6.08 Å². The molecule has 28 heavy (non-hydrogen) atoms. The molecule has 1 aromatic heterocycles. The van der Waals surface area contributed by atoms with Crippen molar-refractivity contribution in [2.45, 2.75) is 40.8 Å². The molecule has 0 fully saturated rings. The van der Waals surface area contributed by atoms with Gasteiger partial charge in [0.25, 0.3) is 0 Å². The van der Waals surface area contributed by atoms with Crippen LogP contribution in [0.4, 0.5) is 0 Å². The zero-order chi connectivity index (χ0) is 20.7. The molecule has 2 rings (SSSR count). The molecule has 0 aliphatic carbocycles. The molecule has 1 heterocycles. The normalized spacial score (nSPS) is 10.9. The lowest BCUT2D eigenvalue weighted by Gasteiger charge is -2.08. The monoisotopic (exact) mass is 384 g/mol. The zero-order valence-electron chi connectivity index (χ0n) is 17.2. The van der Waals surface area contributed by atoms with Crippen molar-refractivity contribution in [2.75, 3.05) is 13.7 Å². The first-order chi connectivity index (χ1) is 13.4. The Labute approximate surface area is 166 Å². The summed E-state index contributed by atoms with van der Waals surface area (Å²) < 4.78 is 12.5. The highest BCUT2D eigenvalue weighted by atomic mass is 16.5. The topological polar surface area (TPSA) is 69.6 Å². The van der Waals surface area contributed by atoms with Gasteiger partial charge in [-0.25, -0.2) is 4.79 Å². The van der Waals surface area contributed by atoms with Crippen molar-refractivity contribution in [1.82, 2.24) is 9.88 Å². The third-order valence-corrected chi connectivity index (χ3v) is 4.67. The van der Waals surface area contributed by atoms with Gasteiger partial charge in [0, 0.05) is 41.7 Å². The predicted octanol–water partition coefficient (Wildman–Crippen LogP) is 3.64. The van der Waals surface area contributed by atoms with Gasteiger partial charge in [-0.1, -0.05) is 18.2 Å². The van der Waals surface area contributed by atoms with Gasteiger partial charge in [-0.05, 0) is 39.8 Å². The molecule has 0 bridgehead atoms. The fourth-order valence-corrected chi connectivity index (χ4v) is 3.30. The van der Waals surface area contributed by atoms with Crippen LogP contribution in [0.5, 0.6) is 5.75 Å². The molecule has 150 valence electrons. The maximum absolute atomic E-state index is 12.4. The molecule has 6 heteroatoms. The summed E-state index contributed by atoms with van der Waals surface area (Å²) in [7, 11) is 1.60. The van der Waals surface area contributed by atoms with Gasteiger partial charge >= 0.3 is 5.97 Å². The molecular weight excluding hydrogens is 356 g/mol. The van der Waals surface area contributed by atoms with Gasteiger partial charge in [0.2, 0.25) is 5.91 Å². The van der Waals surface area contributed by atoms with E-state index < -0.39 is 0 Å². The van der Waals surface area contributed by atoms with Crippen LogP contribution in [0, 0.1) is 13.8 Å². The Morgan fingerprint density at radius 1 is 1.14 bits per heavy atom. The molecule has 0 radical (unpaired) electrons. The van der Waals surface area contributed by atoms with Crippen LogP contribution in [0.1, 0.15) is 46.7 Å².